The number of nitrogens with one attached hydrogen (secondary N) is 1. The fraction of sp³-hybridized carbons (Fsp3) is 0.357. The molecule has 2 rings (SSSR count). The molecule has 0 bridgehead atoms. The van der Waals surface area contributed by atoms with Gasteiger partial charge in [0.25, 0.3) is 5.56 Å². The molecule has 0 unspecified atom stereocenters. The molecule has 4 nitrogen and oxygen atoms in total. The summed E-state index contributed by atoms with van der Waals surface area (Å²) in [6.45, 7) is 6.65. The van der Waals surface area contributed by atoms with Crippen LogP contribution in [0.4, 0.5) is 0 Å². The Bertz CT molecular complexity index is 611. The summed E-state index contributed by atoms with van der Waals surface area (Å²) in [4.78, 5) is 12.2. The van der Waals surface area contributed by atoms with E-state index in [2.05, 4.69) is 21.0 Å². The zero-order chi connectivity index (χ0) is 14.0. The van der Waals surface area contributed by atoms with Crippen LogP contribution in [0.3, 0.4) is 0 Å². The molecule has 19 heavy (non-hydrogen) atoms. The van der Waals surface area contributed by atoms with Crippen molar-refractivity contribution in [3.8, 4) is 11.4 Å². The van der Waals surface area contributed by atoms with E-state index in [1.807, 2.05) is 45.0 Å². The number of H-pyrrole nitrogens is 1. The normalized spacial score (nSPS) is 11.0. The summed E-state index contributed by atoms with van der Waals surface area (Å²) in [5.74, 6) is 1.06. The van der Waals surface area contributed by atoms with Crippen LogP contribution in [0.2, 0.25) is 0 Å². The molecule has 0 radical (unpaired) electrons. The van der Waals surface area contributed by atoms with Crippen LogP contribution in [0.25, 0.3) is 5.69 Å². The van der Waals surface area contributed by atoms with E-state index in [0.717, 1.165) is 17.1 Å². The summed E-state index contributed by atoms with van der Waals surface area (Å²) >= 11 is 3.35. The third kappa shape index (κ3) is 2.76. The van der Waals surface area contributed by atoms with Crippen LogP contribution in [-0.2, 0) is 0 Å². The van der Waals surface area contributed by atoms with E-state index >= 15 is 0 Å². The fourth-order valence-corrected chi connectivity index (χ4v) is 2.58. The van der Waals surface area contributed by atoms with E-state index in [1.54, 1.807) is 0 Å². The van der Waals surface area contributed by atoms with Crippen molar-refractivity contribution >= 4 is 15.9 Å². The first-order valence-corrected chi connectivity index (χ1v) is 7.07. The Balaban J connectivity index is 2.42. The van der Waals surface area contributed by atoms with Gasteiger partial charge in [0.2, 0.25) is 0 Å². The highest BCUT2D eigenvalue weighted by Crippen LogP contribution is 2.21. The van der Waals surface area contributed by atoms with Crippen molar-refractivity contribution in [3.63, 3.8) is 0 Å². The highest BCUT2D eigenvalue weighted by atomic mass is 79.9. The number of aromatic amines is 1. The Hall–Kier alpha value is -1.49. The second-order valence-corrected chi connectivity index (χ2v) is 5.35. The van der Waals surface area contributed by atoms with E-state index in [4.69, 9.17) is 4.74 Å². The summed E-state index contributed by atoms with van der Waals surface area (Å²) in [5.41, 5.74) is 1.62. The van der Waals surface area contributed by atoms with Crippen molar-refractivity contribution in [1.82, 2.24) is 9.78 Å². The van der Waals surface area contributed by atoms with Crippen molar-refractivity contribution in [2.75, 3.05) is 6.61 Å². The summed E-state index contributed by atoms with van der Waals surface area (Å²) in [7, 11) is 0. The number of aromatic nitrogens is 2. The Morgan fingerprint density at radius 1 is 1.32 bits per heavy atom. The van der Waals surface area contributed by atoms with Crippen LogP contribution >= 0.6 is 15.9 Å². The molecule has 2 aromatic rings. The van der Waals surface area contributed by atoms with Gasteiger partial charge in [-0.3, -0.25) is 9.89 Å². The maximum Gasteiger partial charge on any atom is 0.285 e. The topological polar surface area (TPSA) is 47.0 Å². The minimum atomic E-state index is -0.0761. The first-order chi connectivity index (χ1) is 9.04. The summed E-state index contributed by atoms with van der Waals surface area (Å²) < 4.78 is 7.52. The molecule has 0 aliphatic heterocycles. The Morgan fingerprint density at radius 3 is 2.42 bits per heavy atom. The van der Waals surface area contributed by atoms with Gasteiger partial charge in [0.05, 0.1) is 18.0 Å². The van der Waals surface area contributed by atoms with Crippen LogP contribution < -0.4 is 10.3 Å². The molecule has 1 heterocycles. The van der Waals surface area contributed by atoms with Crippen LogP contribution in [-0.4, -0.2) is 16.4 Å². The standard InChI is InChI=1S/C14H17BrN2O2/c1-4-19-11-7-5-10(6-8-11)17-14(18)12(15)13(16-17)9(2)3/h5-9,16H,4H2,1-3H3. The third-order valence-electron chi connectivity index (χ3n) is 2.84. The van der Waals surface area contributed by atoms with E-state index in [0.29, 0.717) is 11.1 Å². The average molecular weight is 325 g/mol. The van der Waals surface area contributed by atoms with Crippen molar-refractivity contribution in [2.24, 2.45) is 0 Å². The SMILES string of the molecule is CCOc1ccc(-n2[nH]c(C(C)C)c(Br)c2=O)cc1. The molecule has 0 saturated heterocycles. The minimum absolute atomic E-state index is 0.0761. The smallest absolute Gasteiger partial charge is 0.285 e. The van der Waals surface area contributed by atoms with Crippen molar-refractivity contribution in [1.29, 1.82) is 0 Å². The lowest BCUT2D eigenvalue weighted by atomic mass is 10.1. The third-order valence-corrected chi connectivity index (χ3v) is 3.61. The Kier molecular flexibility index (Phi) is 4.14. The molecule has 102 valence electrons. The Labute approximate surface area is 120 Å². The largest absolute Gasteiger partial charge is 0.494 e. The van der Waals surface area contributed by atoms with Crippen molar-refractivity contribution in [2.45, 2.75) is 26.7 Å². The summed E-state index contributed by atoms with van der Waals surface area (Å²) in [5, 5.41) is 3.13. The van der Waals surface area contributed by atoms with Gasteiger partial charge in [-0.1, -0.05) is 13.8 Å². The predicted molar refractivity (Wildman–Crippen MR) is 79.3 cm³/mol. The van der Waals surface area contributed by atoms with Crippen LogP contribution in [0, 0.1) is 0 Å². The number of benzene rings is 1. The molecule has 0 spiro atoms. The van der Waals surface area contributed by atoms with E-state index < -0.39 is 0 Å². The summed E-state index contributed by atoms with van der Waals surface area (Å²) in [6, 6.07) is 7.43. The van der Waals surface area contributed by atoms with Gasteiger partial charge in [0.1, 0.15) is 10.2 Å². The van der Waals surface area contributed by atoms with Gasteiger partial charge >= 0.3 is 0 Å². The molecule has 5 heteroatoms. The highest BCUT2D eigenvalue weighted by molar-refractivity contribution is 9.10. The minimum Gasteiger partial charge on any atom is -0.494 e. The van der Waals surface area contributed by atoms with Gasteiger partial charge in [0.15, 0.2) is 0 Å². The highest BCUT2D eigenvalue weighted by Gasteiger charge is 2.15. The molecule has 0 saturated carbocycles. The van der Waals surface area contributed by atoms with Gasteiger partial charge in [-0.05, 0) is 53.0 Å². The second-order valence-electron chi connectivity index (χ2n) is 4.56. The first kappa shape index (κ1) is 13.9. The maximum absolute atomic E-state index is 12.2. The van der Waals surface area contributed by atoms with E-state index in [-0.39, 0.29) is 11.5 Å². The van der Waals surface area contributed by atoms with Crippen molar-refractivity contribution in [3.05, 3.63) is 44.8 Å². The first-order valence-electron chi connectivity index (χ1n) is 6.28. The number of hydrogen-bond donors (Lipinski definition) is 1. The summed E-state index contributed by atoms with van der Waals surface area (Å²) in [6.07, 6.45) is 0. The molecular formula is C14H17BrN2O2. The van der Waals surface area contributed by atoms with Crippen LogP contribution in [0.15, 0.2) is 33.5 Å². The number of hydrogen-bond acceptors (Lipinski definition) is 2. The molecule has 0 aliphatic rings. The van der Waals surface area contributed by atoms with Gasteiger partial charge < -0.3 is 4.74 Å². The quantitative estimate of drug-likeness (QED) is 0.936. The zero-order valence-corrected chi connectivity index (χ0v) is 12.8. The predicted octanol–water partition coefficient (Wildman–Crippen LogP) is 3.45. The maximum atomic E-state index is 12.2. The zero-order valence-electron chi connectivity index (χ0n) is 11.2. The molecule has 0 aliphatic carbocycles. The van der Waals surface area contributed by atoms with Gasteiger partial charge in [0, 0.05) is 0 Å². The molecule has 0 amide bonds. The van der Waals surface area contributed by atoms with Gasteiger partial charge in [-0.15, -0.1) is 0 Å². The number of ether oxygens (including phenoxy) is 1. The lowest BCUT2D eigenvalue weighted by Gasteiger charge is -2.06. The lowest BCUT2D eigenvalue weighted by molar-refractivity contribution is 0.340. The van der Waals surface area contributed by atoms with Crippen molar-refractivity contribution < 1.29 is 4.74 Å². The molecule has 0 atom stereocenters. The van der Waals surface area contributed by atoms with E-state index in [9.17, 15) is 4.79 Å². The molecule has 1 aromatic carbocycles. The average Bonchev–Trinajstić information content (AvgIpc) is 2.68. The Morgan fingerprint density at radius 2 is 1.95 bits per heavy atom. The number of halogens is 1. The van der Waals surface area contributed by atoms with E-state index in [1.165, 1.54) is 4.68 Å². The van der Waals surface area contributed by atoms with Gasteiger partial charge in [-0.2, -0.15) is 0 Å². The fourth-order valence-electron chi connectivity index (χ4n) is 1.86. The van der Waals surface area contributed by atoms with Crippen LogP contribution in [0.1, 0.15) is 32.4 Å². The van der Waals surface area contributed by atoms with Gasteiger partial charge in [-0.25, -0.2) is 4.68 Å². The molecule has 1 N–H and O–H groups in total. The number of rotatable bonds is 4. The molecule has 0 fully saturated rings. The molecule has 1 aromatic heterocycles. The molecular weight excluding hydrogens is 308 g/mol. The monoisotopic (exact) mass is 324 g/mol. The second kappa shape index (κ2) is 5.65. The lowest BCUT2D eigenvalue weighted by Crippen LogP contribution is -2.14. The number of nitrogens with zero attached hydrogens (tertiary/aromatic N) is 1. The van der Waals surface area contributed by atoms with Crippen LogP contribution in [0.5, 0.6) is 5.75 Å².